The van der Waals surface area contributed by atoms with Crippen LogP contribution in [0.4, 0.5) is 4.79 Å². The predicted octanol–water partition coefficient (Wildman–Crippen LogP) is 3.87. The van der Waals surface area contributed by atoms with Gasteiger partial charge in [-0.15, -0.1) is 0 Å². The summed E-state index contributed by atoms with van der Waals surface area (Å²) in [6.07, 6.45) is 7.97. The molecular formula is C38H59N5O7S. The summed E-state index contributed by atoms with van der Waals surface area (Å²) in [4.78, 5) is 68.9. The van der Waals surface area contributed by atoms with Crippen molar-refractivity contribution >= 4 is 39.4 Å². The summed E-state index contributed by atoms with van der Waals surface area (Å²) in [5.41, 5.74) is 5.66. The summed E-state index contributed by atoms with van der Waals surface area (Å²) in [7, 11) is -3.58. The molecule has 284 valence electrons. The topological polar surface area (TPSA) is 185 Å². The lowest BCUT2D eigenvalue weighted by Crippen LogP contribution is -2.61. The van der Waals surface area contributed by atoms with Crippen LogP contribution in [0.3, 0.4) is 0 Å². The van der Waals surface area contributed by atoms with Gasteiger partial charge in [-0.3, -0.25) is 19.2 Å². The Morgan fingerprint density at radius 3 is 2.08 bits per heavy atom. The SMILES string of the molecule is CC(C)[C@@H](CS(=O)(=O)Cc1ccccc1)NC(=O)N[C@H](C(=O)N1CCC(C(C)(C)C)C1C(=O)NC(CC1CCC1)C(=O)C(N)=O)C1CCCCC1. The van der Waals surface area contributed by atoms with Crippen LogP contribution in [-0.4, -0.2) is 79.3 Å². The number of benzene rings is 1. The smallest absolute Gasteiger partial charge is 0.315 e. The van der Waals surface area contributed by atoms with E-state index in [0.717, 1.165) is 51.4 Å². The van der Waals surface area contributed by atoms with Gasteiger partial charge in [-0.2, -0.15) is 0 Å². The van der Waals surface area contributed by atoms with Crippen LogP contribution in [0.25, 0.3) is 0 Å². The highest BCUT2D eigenvalue weighted by atomic mass is 32.2. The highest BCUT2D eigenvalue weighted by Crippen LogP contribution is 2.40. The number of likely N-dealkylation sites (tertiary alicyclic amines) is 1. The van der Waals surface area contributed by atoms with Gasteiger partial charge < -0.3 is 26.6 Å². The molecule has 51 heavy (non-hydrogen) atoms. The number of carbonyl (C=O) groups is 5. The van der Waals surface area contributed by atoms with Crippen LogP contribution in [0, 0.1) is 29.1 Å². The van der Waals surface area contributed by atoms with Crippen LogP contribution in [-0.2, 0) is 34.8 Å². The van der Waals surface area contributed by atoms with Gasteiger partial charge in [-0.25, -0.2) is 13.2 Å². The molecule has 1 saturated heterocycles. The molecule has 1 aromatic carbocycles. The number of carbonyl (C=O) groups excluding carboxylic acids is 5. The van der Waals surface area contributed by atoms with Crippen LogP contribution >= 0.6 is 0 Å². The number of nitrogens with zero attached hydrogens (tertiary/aromatic N) is 1. The van der Waals surface area contributed by atoms with Crippen molar-refractivity contribution in [3.8, 4) is 0 Å². The molecule has 1 aliphatic heterocycles. The van der Waals surface area contributed by atoms with E-state index in [1.54, 1.807) is 29.2 Å². The third-order valence-corrected chi connectivity index (χ3v) is 12.8. The minimum Gasteiger partial charge on any atom is -0.363 e. The number of urea groups is 1. The lowest BCUT2D eigenvalue weighted by Gasteiger charge is -2.38. The van der Waals surface area contributed by atoms with E-state index in [9.17, 15) is 32.4 Å². The van der Waals surface area contributed by atoms with Crippen LogP contribution in [0.2, 0.25) is 0 Å². The van der Waals surface area contributed by atoms with Gasteiger partial charge in [0.05, 0.1) is 17.5 Å². The molecule has 0 spiro atoms. The van der Waals surface area contributed by atoms with E-state index in [-0.39, 0.29) is 53.0 Å². The van der Waals surface area contributed by atoms with Crippen molar-refractivity contribution in [2.24, 2.45) is 34.8 Å². The molecule has 3 unspecified atom stereocenters. The highest BCUT2D eigenvalue weighted by Gasteiger charge is 2.50. The van der Waals surface area contributed by atoms with E-state index in [1.165, 1.54) is 0 Å². The van der Waals surface area contributed by atoms with E-state index >= 15 is 0 Å². The number of hydrogen-bond acceptors (Lipinski definition) is 7. The lowest BCUT2D eigenvalue weighted by atomic mass is 9.75. The number of rotatable bonds is 15. The fraction of sp³-hybridized carbons (Fsp3) is 0.711. The van der Waals surface area contributed by atoms with Crippen LogP contribution < -0.4 is 21.7 Å². The van der Waals surface area contributed by atoms with Gasteiger partial charge in [0.1, 0.15) is 12.1 Å². The molecule has 5 N–H and O–H groups in total. The lowest BCUT2D eigenvalue weighted by molar-refractivity contribution is -0.144. The van der Waals surface area contributed by atoms with Crippen LogP contribution in [0.5, 0.6) is 0 Å². The van der Waals surface area contributed by atoms with Crippen molar-refractivity contribution in [1.82, 2.24) is 20.9 Å². The Labute approximate surface area is 303 Å². The quantitative estimate of drug-likeness (QED) is 0.198. The van der Waals surface area contributed by atoms with Gasteiger partial charge in [0, 0.05) is 12.6 Å². The molecule has 3 fully saturated rings. The Hall–Kier alpha value is -3.48. The number of sulfone groups is 1. The molecule has 3 aliphatic rings. The zero-order valence-corrected chi connectivity index (χ0v) is 31.8. The Morgan fingerprint density at radius 2 is 1.53 bits per heavy atom. The molecule has 2 aliphatic carbocycles. The van der Waals surface area contributed by atoms with Gasteiger partial charge in [-0.05, 0) is 60.3 Å². The van der Waals surface area contributed by atoms with Gasteiger partial charge in [-0.1, -0.05) is 103 Å². The summed E-state index contributed by atoms with van der Waals surface area (Å²) in [5, 5.41) is 8.61. The Balaban J connectivity index is 1.55. The molecule has 0 radical (unpaired) electrons. The van der Waals surface area contributed by atoms with Gasteiger partial charge in [0.25, 0.3) is 5.91 Å². The average molecular weight is 730 g/mol. The summed E-state index contributed by atoms with van der Waals surface area (Å²) in [6, 6.07) is 4.63. The van der Waals surface area contributed by atoms with Crippen molar-refractivity contribution in [3.63, 3.8) is 0 Å². The van der Waals surface area contributed by atoms with Crippen molar-refractivity contribution in [3.05, 3.63) is 35.9 Å². The molecule has 0 bridgehead atoms. The van der Waals surface area contributed by atoms with E-state index in [0.29, 0.717) is 18.4 Å². The molecule has 12 nitrogen and oxygen atoms in total. The molecular weight excluding hydrogens is 671 g/mol. The maximum absolute atomic E-state index is 14.6. The first-order chi connectivity index (χ1) is 24.0. The minimum absolute atomic E-state index is 0.149. The Bertz CT molecular complexity index is 1500. The second-order valence-corrected chi connectivity index (χ2v) is 18.6. The van der Waals surface area contributed by atoms with E-state index < -0.39 is 57.6 Å². The summed E-state index contributed by atoms with van der Waals surface area (Å²) < 4.78 is 26.4. The van der Waals surface area contributed by atoms with Gasteiger partial charge in [0.15, 0.2) is 9.84 Å². The number of hydrogen-bond donors (Lipinski definition) is 4. The second-order valence-electron chi connectivity index (χ2n) is 16.4. The zero-order chi connectivity index (χ0) is 37.5. The average Bonchev–Trinajstić information content (AvgIpc) is 3.51. The van der Waals surface area contributed by atoms with Gasteiger partial charge in [0.2, 0.25) is 17.6 Å². The monoisotopic (exact) mass is 729 g/mol. The minimum atomic E-state index is -3.58. The molecule has 13 heteroatoms. The Kier molecular flexibility index (Phi) is 13.7. The molecule has 2 saturated carbocycles. The van der Waals surface area contributed by atoms with Crippen molar-refractivity contribution in [1.29, 1.82) is 0 Å². The molecule has 4 rings (SSSR count). The maximum atomic E-state index is 14.6. The van der Waals surface area contributed by atoms with Crippen molar-refractivity contribution in [2.45, 2.75) is 129 Å². The second kappa shape index (κ2) is 17.4. The Morgan fingerprint density at radius 1 is 0.882 bits per heavy atom. The molecule has 5 atom stereocenters. The maximum Gasteiger partial charge on any atom is 0.315 e. The number of amides is 5. The fourth-order valence-electron chi connectivity index (χ4n) is 7.93. The van der Waals surface area contributed by atoms with E-state index in [2.05, 4.69) is 16.0 Å². The van der Waals surface area contributed by atoms with E-state index in [4.69, 9.17) is 5.73 Å². The van der Waals surface area contributed by atoms with Gasteiger partial charge >= 0.3 is 6.03 Å². The third kappa shape index (κ3) is 11.0. The zero-order valence-electron chi connectivity index (χ0n) is 31.0. The fourth-order valence-corrected chi connectivity index (χ4v) is 9.77. The summed E-state index contributed by atoms with van der Waals surface area (Å²) >= 11 is 0. The summed E-state index contributed by atoms with van der Waals surface area (Å²) in [6.45, 7) is 9.99. The van der Waals surface area contributed by atoms with Crippen molar-refractivity contribution in [2.75, 3.05) is 12.3 Å². The van der Waals surface area contributed by atoms with Crippen molar-refractivity contribution < 1.29 is 32.4 Å². The first kappa shape index (κ1) is 40.3. The van der Waals surface area contributed by atoms with E-state index in [1.807, 2.05) is 40.7 Å². The number of Topliss-reactive ketones (excluding diaryl/α,β-unsaturated/α-hetero) is 1. The number of nitrogens with two attached hydrogens (primary N) is 1. The first-order valence-corrected chi connectivity index (χ1v) is 20.5. The number of ketones is 1. The largest absolute Gasteiger partial charge is 0.363 e. The van der Waals surface area contributed by atoms with Crippen LogP contribution in [0.1, 0.15) is 104 Å². The first-order valence-electron chi connectivity index (χ1n) is 18.7. The normalized spacial score (nSPS) is 22.0. The summed E-state index contributed by atoms with van der Waals surface area (Å²) in [5.74, 6) is -3.67. The molecule has 5 amide bonds. The molecule has 1 heterocycles. The molecule has 0 aromatic heterocycles. The molecule has 1 aromatic rings. The van der Waals surface area contributed by atoms with Crippen LogP contribution in [0.15, 0.2) is 30.3 Å². The third-order valence-electron chi connectivity index (χ3n) is 11.2. The standard InChI is InChI=1S/C38H59N5O7S/c1-24(2)30(23-51(49,50)22-26-13-8-6-9-14-26)41-37(48)42-31(27-17-10-7-11-18-27)36(47)43-20-19-28(38(3,4)5)32(43)35(46)40-29(33(44)34(39)45)21-25-15-12-16-25/h6,8-9,13-14,24-25,27-32H,7,10-12,15-23H2,1-5H3,(H2,39,45)(H,40,46)(H2,41,42,48)/t28?,29?,30-,31+,32?/m1/s1. The number of primary amides is 1. The predicted molar refractivity (Wildman–Crippen MR) is 196 cm³/mol. The highest BCUT2D eigenvalue weighted by molar-refractivity contribution is 7.90. The number of nitrogens with one attached hydrogen (secondary N) is 3.